The van der Waals surface area contributed by atoms with E-state index in [1.54, 1.807) is 0 Å². The summed E-state index contributed by atoms with van der Waals surface area (Å²) in [4.78, 5) is 0. The van der Waals surface area contributed by atoms with Crippen molar-refractivity contribution in [3.8, 4) is 22.3 Å². The maximum Gasteiger partial charge on any atom is 0.147 e. The van der Waals surface area contributed by atoms with Crippen molar-refractivity contribution >= 4 is 109 Å². The Labute approximate surface area is 320 Å². The molecule has 258 valence electrons. The molecule has 0 aliphatic heterocycles. The van der Waals surface area contributed by atoms with E-state index in [1.165, 1.54) is 65.0 Å². The van der Waals surface area contributed by atoms with Crippen molar-refractivity contribution < 1.29 is 8.83 Å². The van der Waals surface area contributed by atoms with Crippen LogP contribution < -0.4 is 0 Å². The smallest absolute Gasteiger partial charge is 0.147 e. The SMILES string of the molecule is c1ccc2c(c1)oc1c(-c3c4ccccc4c(-c4cc5c6ccccc6c6ccccc6c5c5ccccc45)c4ccccc34)c3oc4ccccc4c3cc12. The van der Waals surface area contributed by atoms with Crippen molar-refractivity contribution in [1.82, 2.24) is 0 Å². The zero-order chi connectivity index (χ0) is 36.5. The molecule has 0 fully saturated rings. The van der Waals surface area contributed by atoms with Crippen LogP contribution in [0.3, 0.4) is 0 Å². The van der Waals surface area contributed by atoms with Gasteiger partial charge in [-0.2, -0.15) is 0 Å². The van der Waals surface area contributed by atoms with Crippen LogP contribution in [0.2, 0.25) is 0 Å². The third-order valence-electron chi connectivity index (χ3n) is 12.2. The number of para-hydroxylation sites is 2. The van der Waals surface area contributed by atoms with Gasteiger partial charge in [-0.1, -0.05) is 158 Å². The minimum absolute atomic E-state index is 0.843. The van der Waals surface area contributed by atoms with Crippen molar-refractivity contribution in [2.24, 2.45) is 0 Å². The highest BCUT2D eigenvalue weighted by molar-refractivity contribution is 6.35. The number of benzene rings is 11. The fraction of sp³-hybridized carbons (Fsp3) is 0. The second-order valence-corrected chi connectivity index (χ2v) is 15.0. The van der Waals surface area contributed by atoms with Crippen LogP contribution in [0.4, 0.5) is 0 Å². The monoisotopic (exact) mass is 710 g/mol. The molecule has 2 heterocycles. The molecule has 0 spiro atoms. The minimum Gasteiger partial charge on any atom is -0.455 e. The molecule has 0 unspecified atom stereocenters. The Kier molecular flexibility index (Phi) is 5.92. The second kappa shape index (κ2) is 11.1. The van der Waals surface area contributed by atoms with E-state index < -0.39 is 0 Å². The Balaban J connectivity index is 1.24. The predicted octanol–water partition coefficient (Wildman–Crippen LogP) is 15.7. The highest BCUT2D eigenvalue weighted by Crippen LogP contribution is 2.52. The summed E-state index contributed by atoms with van der Waals surface area (Å²) in [5.74, 6) is 0. The van der Waals surface area contributed by atoms with Gasteiger partial charge in [0, 0.05) is 27.1 Å². The second-order valence-electron chi connectivity index (χ2n) is 15.0. The molecule has 0 saturated heterocycles. The third kappa shape index (κ3) is 3.90. The lowest BCUT2D eigenvalue weighted by Crippen LogP contribution is -1.93. The molecular weight excluding hydrogens is 681 g/mol. The third-order valence-corrected chi connectivity index (χ3v) is 12.2. The molecule has 0 amide bonds. The minimum atomic E-state index is 0.843. The number of fused-ring (bicyclic) bond motifs is 16. The summed E-state index contributed by atoms with van der Waals surface area (Å²) in [6.45, 7) is 0. The fourth-order valence-electron chi connectivity index (χ4n) is 9.92. The van der Waals surface area contributed by atoms with Gasteiger partial charge in [0.05, 0.1) is 5.56 Å². The van der Waals surface area contributed by atoms with Crippen LogP contribution in [0.5, 0.6) is 0 Å². The van der Waals surface area contributed by atoms with Crippen LogP contribution in [0.1, 0.15) is 0 Å². The quantitative estimate of drug-likeness (QED) is 0.132. The summed E-state index contributed by atoms with van der Waals surface area (Å²) in [6, 6.07) is 66.0. The van der Waals surface area contributed by atoms with Gasteiger partial charge in [-0.3, -0.25) is 0 Å². The van der Waals surface area contributed by atoms with Gasteiger partial charge in [0.2, 0.25) is 0 Å². The summed E-state index contributed by atoms with van der Waals surface area (Å²) in [6.07, 6.45) is 0. The maximum atomic E-state index is 6.88. The van der Waals surface area contributed by atoms with Gasteiger partial charge in [-0.25, -0.2) is 0 Å². The lowest BCUT2D eigenvalue weighted by atomic mass is 9.82. The summed E-state index contributed by atoms with van der Waals surface area (Å²) < 4.78 is 13.8. The standard InChI is InChI=1S/C54H30O2/c1-2-17-33-31(15-1)32-16-3-5-21-37(32)49-38-22-6-4-18-34(38)44(29-43(33)49)50-39-23-7-9-25-41(39)51(42-26-10-8-24-40(42)50)52-53-45(35-19-11-13-27-47(35)55-53)30-46-36-20-12-14-28-48(36)56-54(46)52/h1-30H. The number of furan rings is 2. The summed E-state index contributed by atoms with van der Waals surface area (Å²) in [5.41, 5.74) is 7.99. The molecule has 2 aromatic heterocycles. The van der Waals surface area contributed by atoms with Crippen molar-refractivity contribution in [1.29, 1.82) is 0 Å². The van der Waals surface area contributed by atoms with E-state index in [1.807, 2.05) is 12.1 Å². The van der Waals surface area contributed by atoms with Gasteiger partial charge in [0.25, 0.3) is 0 Å². The molecular formula is C54H30O2. The van der Waals surface area contributed by atoms with Gasteiger partial charge in [-0.05, 0) is 100 Å². The molecule has 11 aromatic carbocycles. The van der Waals surface area contributed by atoms with Crippen molar-refractivity contribution in [3.05, 3.63) is 182 Å². The van der Waals surface area contributed by atoms with E-state index in [9.17, 15) is 0 Å². The zero-order valence-electron chi connectivity index (χ0n) is 30.1. The van der Waals surface area contributed by atoms with Crippen LogP contribution in [0, 0.1) is 0 Å². The largest absolute Gasteiger partial charge is 0.455 e. The number of hydrogen-bond acceptors (Lipinski definition) is 2. The summed E-state index contributed by atoms with van der Waals surface area (Å²) in [5, 5.41) is 19.2. The fourth-order valence-corrected chi connectivity index (χ4v) is 9.92. The average molecular weight is 711 g/mol. The summed E-state index contributed by atoms with van der Waals surface area (Å²) >= 11 is 0. The van der Waals surface area contributed by atoms with E-state index in [-0.39, 0.29) is 0 Å². The predicted molar refractivity (Wildman–Crippen MR) is 237 cm³/mol. The average Bonchev–Trinajstić information content (AvgIpc) is 3.83. The molecule has 13 rings (SSSR count). The van der Waals surface area contributed by atoms with Gasteiger partial charge < -0.3 is 8.83 Å². The van der Waals surface area contributed by atoms with Gasteiger partial charge in [0.1, 0.15) is 22.3 Å². The van der Waals surface area contributed by atoms with Gasteiger partial charge in [-0.15, -0.1) is 0 Å². The first-order valence-corrected chi connectivity index (χ1v) is 19.3. The molecule has 0 bridgehead atoms. The molecule has 0 aliphatic rings. The highest BCUT2D eigenvalue weighted by atomic mass is 16.3. The van der Waals surface area contributed by atoms with Crippen molar-refractivity contribution in [3.63, 3.8) is 0 Å². The molecule has 0 radical (unpaired) electrons. The van der Waals surface area contributed by atoms with E-state index >= 15 is 0 Å². The Morgan fingerprint density at radius 1 is 0.232 bits per heavy atom. The van der Waals surface area contributed by atoms with Crippen molar-refractivity contribution in [2.45, 2.75) is 0 Å². The Morgan fingerprint density at radius 2 is 0.589 bits per heavy atom. The topological polar surface area (TPSA) is 26.3 Å². The highest BCUT2D eigenvalue weighted by Gasteiger charge is 2.26. The van der Waals surface area contributed by atoms with Crippen LogP contribution in [0.15, 0.2) is 191 Å². The van der Waals surface area contributed by atoms with E-state index in [0.717, 1.165) is 65.8 Å². The molecule has 13 aromatic rings. The molecule has 0 N–H and O–H groups in total. The lowest BCUT2D eigenvalue weighted by Gasteiger charge is -2.21. The van der Waals surface area contributed by atoms with E-state index in [0.29, 0.717) is 0 Å². The van der Waals surface area contributed by atoms with Gasteiger partial charge in [0.15, 0.2) is 0 Å². The Bertz CT molecular complexity index is 3680. The van der Waals surface area contributed by atoms with Gasteiger partial charge >= 0.3 is 0 Å². The molecule has 2 heteroatoms. The first-order valence-electron chi connectivity index (χ1n) is 19.3. The molecule has 2 nitrogen and oxygen atoms in total. The maximum absolute atomic E-state index is 6.88. The van der Waals surface area contributed by atoms with Crippen LogP contribution >= 0.6 is 0 Å². The first-order chi connectivity index (χ1) is 27.8. The zero-order valence-corrected chi connectivity index (χ0v) is 30.1. The van der Waals surface area contributed by atoms with E-state index in [4.69, 9.17) is 8.83 Å². The Morgan fingerprint density at radius 3 is 1.11 bits per heavy atom. The summed E-state index contributed by atoms with van der Waals surface area (Å²) in [7, 11) is 0. The van der Waals surface area contributed by atoms with E-state index in [2.05, 4.69) is 170 Å². The van der Waals surface area contributed by atoms with Crippen LogP contribution in [-0.2, 0) is 0 Å². The first kappa shape index (κ1) is 30.0. The lowest BCUT2D eigenvalue weighted by molar-refractivity contribution is 0.658. The molecule has 0 saturated carbocycles. The molecule has 56 heavy (non-hydrogen) atoms. The van der Waals surface area contributed by atoms with Crippen LogP contribution in [0.25, 0.3) is 131 Å². The Hall–Kier alpha value is -7.42. The molecule has 0 atom stereocenters. The number of rotatable bonds is 2. The normalized spacial score (nSPS) is 12.3. The number of hydrogen-bond donors (Lipinski definition) is 0. The van der Waals surface area contributed by atoms with Crippen LogP contribution in [-0.4, -0.2) is 0 Å². The molecule has 0 aliphatic carbocycles. The van der Waals surface area contributed by atoms with Crippen molar-refractivity contribution in [2.75, 3.05) is 0 Å².